The molecule has 7 heteroatoms. The third-order valence-corrected chi connectivity index (χ3v) is 7.02. The van der Waals surface area contributed by atoms with E-state index in [1.165, 1.54) is 18.4 Å². The predicted octanol–water partition coefficient (Wildman–Crippen LogP) is 4.89. The highest BCUT2D eigenvalue weighted by atomic mass is 32.1. The molecule has 1 fully saturated rings. The number of hydrogen-bond donors (Lipinski definition) is 1. The average molecular weight is 424 g/mol. The van der Waals surface area contributed by atoms with Gasteiger partial charge in [-0.25, -0.2) is 4.98 Å². The number of benzene rings is 1. The van der Waals surface area contributed by atoms with E-state index in [1.807, 2.05) is 35.0 Å². The Morgan fingerprint density at radius 2 is 2.00 bits per heavy atom. The summed E-state index contributed by atoms with van der Waals surface area (Å²) in [7, 11) is 1.68. The monoisotopic (exact) mass is 423 g/mol. The number of ether oxygens (including phenoxy) is 1. The highest BCUT2D eigenvalue weighted by molar-refractivity contribution is 7.18. The van der Waals surface area contributed by atoms with Gasteiger partial charge in [-0.1, -0.05) is 18.2 Å². The van der Waals surface area contributed by atoms with Gasteiger partial charge in [0.2, 0.25) is 0 Å². The van der Waals surface area contributed by atoms with Crippen molar-refractivity contribution in [2.45, 2.75) is 32.0 Å². The number of aromatic nitrogens is 2. The van der Waals surface area contributed by atoms with Gasteiger partial charge in [0.15, 0.2) is 0 Å². The number of H-pyrrole nitrogens is 1. The smallest absolute Gasteiger partial charge is 0.260 e. The van der Waals surface area contributed by atoms with E-state index in [4.69, 9.17) is 9.72 Å². The number of rotatable bonds is 7. The van der Waals surface area contributed by atoms with Crippen LogP contribution in [-0.2, 0) is 13.1 Å². The molecular formula is C22H21N3O2S2. The van der Waals surface area contributed by atoms with Crippen LogP contribution in [0.4, 0.5) is 0 Å². The van der Waals surface area contributed by atoms with Crippen LogP contribution in [0.15, 0.2) is 52.0 Å². The van der Waals surface area contributed by atoms with Crippen molar-refractivity contribution in [3.63, 3.8) is 0 Å². The van der Waals surface area contributed by atoms with E-state index in [-0.39, 0.29) is 5.56 Å². The summed E-state index contributed by atoms with van der Waals surface area (Å²) in [6.45, 7) is 1.48. The summed E-state index contributed by atoms with van der Waals surface area (Å²) in [6.07, 6.45) is 2.40. The van der Waals surface area contributed by atoms with Gasteiger partial charge < -0.3 is 9.72 Å². The average Bonchev–Trinajstić information content (AvgIpc) is 3.26. The Morgan fingerprint density at radius 3 is 2.69 bits per heavy atom. The second kappa shape index (κ2) is 7.74. The second-order valence-corrected chi connectivity index (χ2v) is 9.11. The lowest BCUT2D eigenvalue weighted by Gasteiger charge is -2.21. The number of hydrogen-bond acceptors (Lipinski definition) is 6. The van der Waals surface area contributed by atoms with Gasteiger partial charge >= 0.3 is 0 Å². The van der Waals surface area contributed by atoms with E-state index >= 15 is 0 Å². The van der Waals surface area contributed by atoms with Crippen LogP contribution in [0, 0.1) is 0 Å². The molecule has 0 atom stereocenters. The molecule has 4 aromatic rings. The van der Waals surface area contributed by atoms with Crippen LogP contribution in [0.2, 0.25) is 0 Å². The molecule has 0 unspecified atom stereocenters. The third-order valence-electron chi connectivity index (χ3n) is 5.24. The lowest BCUT2D eigenvalue weighted by atomic mass is 10.2. The van der Waals surface area contributed by atoms with Crippen LogP contribution < -0.4 is 10.3 Å². The summed E-state index contributed by atoms with van der Waals surface area (Å²) >= 11 is 3.19. The van der Waals surface area contributed by atoms with Crippen LogP contribution in [0.25, 0.3) is 20.7 Å². The van der Waals surface area contributed by atoms with Crippen molar-refractivity contribution in [2.24, 2.45) is 0 Å². The standard InChI is InChI=1S/C22H21N3O2S2/c1-27-16-8-4-14(5-9-16)11-25(15-6-7-15)12-19-23-21(26)20-17(13-29-22(20)24-19)18-3-2-10-28-18/h2-5,8-10,13,15H,6-7,11-12H2,1H3,(H,23,24,26). The topological polar surface area (TPSA) is 58.2 Å². The SMILES string of the molecule is COc1ccc(CN(Cc2nc3scc(-c4cccs4)c3c(=O)[nH]2)C2CC2)cc1. The summed E-state index contributed by atoms with van der Waals surface area (Å²) in [4.78, 5) is 25.0. The highest BCUT2D eigenvalue weighted by Gasteiger charge is 2.29. The van der Waals surface area contributed by atoms with Crippen molar-refractivity contribution in [3.05, 3.63) is 68.9 Å². The largest absolute Gasteiger partial charge is 0.497 e. The van der Waals surface area contributed by atoms with Gasteiger partial charge in [0, 0.05) is 28.4 Å². The molecule has 1 N–H and O–H groups in total. The molecule has 3 aromatic heterocycles. The Kier molecular flexibility index (Phi) is 4.95. The van der Waals surface area contributed by atoms with E-state index in [9.17, 15) is 4.79 Å². The maximum Gasteiger partial charge on any atom is 0.260 e. The minimum atomic E-state index is -0.0464. The predicted molar refractivity (Wildman–Crippen MR) is 119 cm³/mol. The first-order valence-corrected chi connectivity index (χ1v) is 11.4. The van der Waals surface area contributed by atoms with Gasteiger partial charge in [0.05, 0.1) is 19.0 Å². The molecular weight excluding hydrogens is 402 g/mol. The fraction of sp³-hybridized carbons (Fsp3) is 0.273. The molecule has 5 rings (SSSR count). The first-order valence-electron chi connectivity index (χ1n) is 9.62. The number of nitrogens with zero attached hydrogens (tertiary/aromatic N) is 2. The molecule has 5 nitrogen and oxygen atoms in total. The van der Waals surface area contributed by atoms with E-state index in [0.29, 0.717) is 18.0 Å². The lowest BCUT2D eigenvalue weighted by molar-refractivity contribution is 0.239. The van der Waals surface area contributed by atoms with E-state index in [0.717, 1.165) is 33.4 Å². The lowest BCUT2D eigenvalue weighted by Crippen LogP contribution is -2.27. The van der Waals surface area contributed by atoms with Crippen LogP contribution in [0.5, 0.6) is 5.75 Å². The Hall–Kier alpha value is -2.48. The molecule has 148 valence electrons. The van der Waals surface area contributed by atoms with Gasteiger partial charge in [0.25, 0.3) is 5.56 Å². The van der Waals surface area contributed by atoms with E-state index < -0.39 is 0 Å². The van der Waals surface area contributed by atoms with Crippen molar-refractivity contribution >= 4 is 32.9 Å². The third kappa shape index (κ3) is 3.85. The minimum Gasteiger partial charge on any atom is -0.497 e. The number of nitrogens with one attached hydrogen (secondary N) is 1. The van der Waals surface area contributed by atoms with Crippen molar-refractivity contribution in [3.8, 4) is 16.2 Å². The molecule has 0 radical (unpaired) electrons. The Bertz CT molecular complexity index is 1180. The fourth-order valence-corrected chi connectivity index (χ4v) is 5.37. The summed E-state index contributed by atoms with van der Waals surface area (Å²) in [6, 6.07) is 12.8. The highest BCUT2D eigenvalue weighted by Crippen LogP contribution is 2.34. The number of thiophene rings is 2. The number of methoxy groups -OCH3 is 1. The van der Waals surface area contributed by atoms with Gasteiger partial charge in [-0.15, -0.1) is 22.7 Å². The molecule has 0 saturated heterocycles. The first kappa shape index (κ1) is 18.5. The van der Waals surface area contributed by atoms with Crippen LogP contribution >= 0.6 is 22.7 Å². The van der Waals surface area contributed by atoms with E-state index in [1.54, 1.807) is 29.8 Å². The first-order chi connectivity index (χ1) is 14.2. The molecule has 0 bridgehead atoms. The summed E-state index contributed by atoms with van der Waals surface area (Å²) in [5, 5.41) is 4.77. The van der Waals surface area contributed by atoms with Gasteiger partial charge in [0.1, 0.15) is 16.4 Å². The van der Waals surface area contributed by atoms with Crippen molar-refractivity contribution in [1.82, 2.24) is 14.9 Å². The molecule has 0 amide bonds. The van der Waals surface area contributed by atoms with Gasteiger partial charge in [-0.05, 0) is 42.0 Å². The Labute approximate surface area is 176 Å². The van der Waals surface area contributed by atoms with Crippen molar-refractivity contribution in [2.75, 3.05) is 7.11 Å². The number of fused-ring (bicyclic) bond motifs is 1. The second-order valence-electron chi connectivity index (χ2n) is 7.30. The van der Waals surface area contributed by atoms with Crippen LogP contribution in [0.1, 0.15) is 24.2 Å². The molecule has 29 heavy (non-hydrogen) atoms. The van der Waals surface area contributed by atoms with Crippen molar-refractivity contribution < 1.29 is 4.74 Å². The molecule has 0 spiro atoms. The van der Waals surface area contributed by atoms with Crippen LogP contribution in [0.3, 0.4) is 0 Å². The Morgan fingerprint density at radius 1 is 1.17 bits per heavy atom. The molecule has 1 saturated carbocycles. The van der Waals surface area contributed by atoms with Crippen molar-refractivity contribution in [1.29, 1.82) is 0 Å². The summed E-state index contributed by atoms with van der Waals surface area (Å²) in [5.41, 5.74) is 2.17. The quantitative estimate of drug-likeness (QED) is 0.460. The normalized spacial score (nSPS) is 14.0. The van der Waals surface area contributed by atoms with Gasteiger partial charge in [-0.3, -0.25) is 9.69 Å². The molecule has 3 heterocycles. The van der Waals surface area contributed by atoms with Crippen LogP contribution in [-0.4, -0.2) is 28.0 Å². The zero-order valence-corrected chi connectivity index (χ0v) is 17.7. The maximum atomic E-state index is 12.9. The Balaban J connectivity index is 1.41. The molecule has 1 aliphatic rings. The summed E-state index contributed by atoms with van der Waals surface area (Å²) < 4.78 is 5.25. The molecule has 1 aromatic carbocycles. The maximum absolute atomic E-state index is 12.9. The number of aromatic amines is 1. The molecule has 0 aliphatic heterocycles. The molecule has 1 aliphatic carbocycles. The van der Waals surface area contributed by atoms with E-state index in [2.05, 4.69) is 22.0 Å². The zero-order valence-electron chi connectivity index (χ0n) is 16.1. The summed E-state index contributed by atoms with van der Waals surface area (Å²) in [5.74, 6) is 1.60. The minimum absolute atomic E-state index is 0.0464. The zero-order chi connectivity index (χ0) is 19.8. The fourth-order valence-electron chi connectivity index (χ4n) is 3.59. The van der Waals surface area contributed by atoms with Gasteiger partial charge in [-0.2, -0.15) is 0 Å².